The van der Waals surface area contributed by atoms with Crippen LogP contribution in [0.2, 0.25) is 0 Å². The van der Waals surface area contributed by atoms with Gasteiger partial charge < -0.3 is 19.8 Å². The topological polar surface area (TPSA) is 105 Å². The van der Waals surface area contributed by atoms with E-state index in [4.69, 9.17) is 9.05 Å². The molecule has 0 spiro atoms. The molecule has 0 aliphatic rings. The Morgan fingerprint density at radius 3 is 1.15 bits per heavy atom. The van der Waals surface area contributed by atoms with Crippen LogP contribution in [0, 0.1) is 0 Å². The fourth-order valence-electron chi connectivity index (χ4n) is 9.40. The number of hydrogen-bond acceptors (Lipinski definition) is 5. The maximum atomic E-state index is 13.0. The number of unbranched alkanes of at least 4 members (excludes halogenated alkanes) is 38. The number of likely N-dealkylation sites (N-methyl/N-ethyl adjacent to an activating group) is 1. The summed E-state index contributed by atoms with van der Waals surface area (Å²) in [6.45, 7) is 4.81. The summed E-state index contributed by atoms with van der Waals surface area (Å²) in [6, 6.07) is -0.872. The zero-order chi connectivity index (χ0) is 54.9. The minimum atomic E-state index is -4.36. The molecule has 0 heterocycles. The molecule has 0 aromatic heterocycles. The first-order chi connectivity index (χ1) is 36.5. The van der Waals surface area contributed by atoms with Crippen LogP contribution >= 0.6 is 7.82 Å². The minimum absolute atomic E-state index is 0.0530. The predicted molar refractivity (Wildman–Crippen MR) is 327 cm³/mol. The summed E-state index contributed by atoms with van der Waals surface area (Å²) < 4.78 is 23.7. The third-order valence-corrected chi connectivity index (χ3v) is 15.4. The first-order valence-electron chi connectivity index (χ1n) is 32.2. The Labute approximate surface area is 466 Å². The number of aliphatic hydroxyl groups excluding tert-OH is 1. The summed E-state index contributed by atoms with van der Waals surface area (Å²) in [7, 11) is 1.55. The van der Waals surface area contributed by atoms with Gasteiger partial charge >= 0.3 is 7.82 Å². The SMILES string of the molecule is CCCCCCCCCCC/C=C\C/C=C\CCCCCCCCCCCCCCCCCCCC(=O)NC(COP(=O)(O)OCC[N+](C)(C)C)C(O)/C=C/CC/C=C/CC/C=C/CCCCCCCCCCCC. The number of amides is 1. The third-order valence-electron chi connectivity index (χ3n) is 14.4. The van der Waals surface area contributed by atoms with Crippen LogP contribution in [0.25, 0.3) is 0 Å². The first-order valence-corrected chi connectivity index (χ1v) is 33.7. The van der Waals surface area contributed by atoms with Gasteiger partial charge in [0.05, 0.1) is 39.9 Å². The fourth-order valence-corrected chi connectivity index (χ4v) is 10.1. The first kappa shape index (κ1) is 73.2. The number of carbonyl (C=O) groups excluding carboxylic acids is 1. The van der Waals surface area contributed by atoms with Crippen LogP contribution in [0.4, 0.5) is 0 Å². The maximum Gasteiger partial charge on any atom is 0.472 e. The second-order valence-corrected chi connectivity index (χ2v) is 24.6. The van der Waals surface area contributed by atoms with Gasteiger partial charge in [0.25, 0.3) is 0 Å². The average Bonchev–Trinajstić information content (AvgIpc) is 3.37. The molecule has 0 aromatic rings. The van der Waals surface area contributed by atoms with Crippen molar-refractivity contribution in [1.82, 2.24) is 5.32 Å². The van der Waals surface area contributed by atoms with Gasteiger partial charge in [0.15, 0.2) is 0 Å². The number of quaternary nitrogens is 1. The van der Waals surface area contributed by atoms with Crippen molar-refractivity contribution >= 4 is 13.7 Å². The Hall–Kier alpha value is -1.80. The van der Waals surface area contributed by atoms with Gasteiger partial charge in [-0.3, -0.25) is 13.8 Å². The molecule has 1 amide bonds. The van der Waals surface area contributed by atoms with Crippen molar-refractivity contribution in [1.29, 1.82) is 0 Å². The number of aliphatic hydroxyl groups is 1. The molecule has 8 nitrogen and oxygen atoms in total. The number of hydrogen-bond donors (Lipinski definition) is 3. The van der Waals surface area contributed by atoms with Gasteiger partial charge in [0.1, 0.15) is 13.2 Å². The molecule has 3 atom stereocenters. The van der Waals surface area contributed by atoms with Crippen LogP contribution in [0.15, 0.2) is 60.8 Å². The Kier molecular flexibility index (Phi) is 55.5. The largest absolute Gasteiger partial charge is 0.472 e. The normalized spacial score (nSPS) is 14.2. The van der Waals surface area contributed by atoms with Crippen LogP contribution in [-0.2, 0) is 18.4 Å². The predicted octanol–water partition coefficient (Wildman–Crippen LogP) is 20.0. The van der Waals surface area contributed by atoms with Crippen molar-refractivity contribution in [2.24, 2.45) is 0 Å². The summed E-state index contributed by atoms with van der Waals surface area (Å²) in [5.41, 5.74) is 0. The van der Waals surface area contributed by atoms with E-state index in [1.807, 2.05) is 27.2 Å². The highest BCUT2D eigenvalue weighted by Gasteiger charge is 2.27. The lowest BCUT2D eigenvalue weighted by atomic mass is 10.0. The van der Waals surface area contributed by atoms with Crippen LogP contribution in [0.3, 0.4) is 0 Å². The molecule has 440 valence electrons. The van der Waals surface area contributed by atoms with Crippen molar-refractivity contribution < 1.29 is 32.9 Å². The van der Waals surface area contributed by atoms with Crippen molar-refractivity contribution in [2.75, 3.05) is 40.9 Å². The molecule has 0 bridgehead atoms. The molecule has 75 heavy (non-hydrogen) atoms. The fraction of sp³-hybridized carbons (Fsp3) is 0.833. The lowest BCUT2D eigenvalue weighted by molar-refractivity contribution is -0.870. The molecule has 0 aliphatic heterocycles. The number of nitrogens with zero attached hydrogens (tertiary/aromatic N) is 1. The van der Waals surface area contributed by atoms with Crippen molar-refractivity contribution in [3.05, 3.63) is 60.8 Å². The summed E-state index contributed by atoms with van der Waals surface area (Å²) in [4.78, 5) is 23.3. The molecule has 0 fully saturated rings. The van der Waals surface area contributed by atoms with Crippen LogP contribution in [-0.4, -0.2) is 73.4 Å². The van der Waals surface area contributed by atoms with Crippen molar-refractivity contribution in [2.45, 2.75) is 315 Å². The van der Waals surface area contributed by atoms with Crippen LogP contribution in [0.1, 0.15) is 303 Å². The van der Waals surface area contributed by atoms with E-state index in [2.05, 4.69) is 67.8 Å². The summed E-state index contributed by atoms with van der Waals surface area (Å²) in [5.74, 6) is -0.188. The molecular formula is C66H126N2O6P+. The Morgan fingerprint density at radius 2 is 0.773 bits per heavy atom. The lowest BCUT2D eigenvalue weighted by Gasteiger charge is -2.25. The summed E-state index contributed by atoms with van der Waals surface area (Å²) in [6.07, 6.45) is 77.8. The number of nitrogens with one attached hydrogen (secondary N) is 1. The number of phosphoric ester groups is 1. The number of allylic oxidation sites excluding steroid dienone is 9. The monoisotopic (exact) mass is 1070 g/mol. The molecule has 0 rings (SSSR count). The van der Waals surface area contributed by atoms with Crippen LogP contribution < -0.4 is 5.32 Å². The quantitative estimate of drug-likeness (QED) is 0.0243. The van der Waals surface area contributed by atoms with Gasteiger partial charge in [-0.15, -0.1) is 0 Å². The molecule has 0 saturated heterocycles. The van der Waals surface area contributed by atoms with Crippen LogP contribution in [0.5, 0.6) is 0 Å². The smallest absolute Gasteiger partial charge is 0.387 e. The summed E-state index contributed by atoms with van der Waals surface area (Å²) in [5, 5.41) is 13.9. The molecular weight excluding hydrogens is 948 g/mol. The van der Waals surface area contributed by atoms with E-state index in [1.165, 1.54) is 231 Å². The second kappa shape index (κ2) is 56.9. The van der Waals surface area contributed by atoms with Gasteiger partial charge in [-0.2, -0.15) is 0 Å². The van der Waals surface area contributed by atoms with E-state index < -0.39 is 20.0 Å². The second-order valence-electron chi connectivity index (χ2n) is 23.1. The molecule has 3 N–H and O–H groups in total. The van der Waals surface area contributed by atoms with Gasteiger partial charge in [-0.1, -0.05) is 280 Å². The Balaban J connectivity index is 4.11. The third kappa shape index (κ3) is 59.7. The standard InChI is InChI=1S/C66H125N2O6P/c1-6-8-10-12-14-16-18-20-22-24-26-28-29-30-31-32-33-34-35-36-37-38-39-40-42-44-46-48-50-52-54-56-58-60-66(70)67-64(63-74-75(71,72)73-62-61-68(3,4)5)65(69)59-57-55-53-51-49-47-45-43-41-27-25-23-21-19-17-15-13-11-9-7-2/h26,28,30-31,41,43,49,51,57,59,64-65,69H,6-25,27,29,32-40,42,44-48,50,52-56,58,60-63H2,1-5H3,(H-,67,70,71,72)/p+1/b28-26-,31-30-,43-41+,51-49+,59-57+. The van der Waals surface area contributed by atoms with E-state index in [9.17, 15) is 19.4 Å². The van der Waals surface area contributed by atoms with Gasteiger partial charge in [-0.05, 0) is 77.0 Å². The van der Waals surface area contributed by atoms with Gasteiger partial charge in [0.2, 0.25) is 5.91 Å². The molecule has 3 unspecified atom stereocenters. The molecule has 0 radical (unpaired) electrons. The molecule has 9 heteroatoms. The number of rotatable bonds is 59. The average molecular weight is 1070 g/mol. The van der Waals surface area contributed by atoms with E-state index in [0.717, 1.165) is 51.4 Å². The molecule has 0 aliphatic carbocycles. The summed E-state index contributed by atoms with van der Waals surface area (Å²) >= 11 is 0. The lowest BCUT2D eigenvalue weighted by Crippen LogP contribution is -2.45. The highest BCUT2D eigenvalue weighted by Crippen LogP contribution is 2.43. The van der Waals surface area contributed by atoms with E-state index >= 15 is 0 Å². The van der Waals surface area contributed by atoms with E-state index in [-0.39, 0.29) is 19.1 Å². The maximum absolute atomic E-state index is 13.0. The van der Waals surface area contributed by atoms with Gasteiger partial charge in [0, 0.05) is 6.42 Å². The highest BCUT2D eigenvalue weighted by molar-refractivity contribution is 7.47. The Morgan fingerprint density at radius 1 is 0.453 bits per heavy atom. The van der Waals surface area contributed by atoms with Crippen molar-refractivity contribution in [3.63, 3.8) is 0 Å². The van der Waals surface area contributed by atoms with E-state index in [1.54, 1.807) is 6.08 Å². The number of phosphoric acid groups is 1. The minimum Gasteiger partial charge on any atom is -0.387 e. The van der Waals surface area contributed by atoms with Crippen molar-refractivity contribution in [3.8, 4) is 0 Å². The van der Waals surface area contributed by atoms with Gasteiger partial charge in [-0.25, -0.2) is 4.57 Å². The van der Waals surface area contributed by atoms with E-state index in [0.29, 0.717) is 17.4 Å². The number of carbonyl (C=O) groups is 1. The highest BCUT2D eigenvalue weighted by atomic mass is 31.2. The Bertz CT molecular complexity index is 1400. The zero-order valence-corrected chi connectivity index (χ0v) is 51.2. The molecule has 0 aromatic carbocycles. The molecule has 0 saturated carbocycles. The zero-order valence-electron chi connectivity index (χ0n) is 50.3.